The van der Waals surface area contributed by atoms with Crippen molar-refractivity contribution in [2.24, 2.45) is 0 Å². The molecular weight excluding hydrogens is 209 g/mol. The number of halogens is 3. The van der Waals surface area contributed by atoms with Gasteiger partial charge in [0, 0.05) is 18.6 Å². The number of likely N-dealkylation sites (tertiary alicyclic amines) is 1. The molecule has 1 aliphatic heterocycles. The van der Waals surface area contributed by atoms with E-state index in [1.165, 1.54) is 0 Å². The molecule has 0 spiro atoms. The van der Waals surface area contributed by atoms with E-state index in [0.29, 0.717) is 6.42 Å². The van der Waals surface area contributed by atoms with Gasteiger partial charge in [0.05, 0.1) is 0 Å². The van der Waals surface area contributed by atoms with Gasteiger partial charge in [0.15, 0.2) is 0 Å². The molecule has 1 saturated heterocycles. The van der Waals surface area contributed by atoms with Crippen LogP contribution >= 0.6 is 0 Å². The van der Waals surface area contributed by atoms with E-state index in [9.17, 15) is 18.0 Å². The number of likely N-dealkylation sites (N-methyl/N-ethyl adjacent to an activating group) is 1. The monoisotopic (exact) mass is 224 g/mol. The van der Waals surface area contributed by atoms with Crippen molar-refractivity contribution in [3.05, 3.63) is 0 Å². The molecule has 0 aromatic heterocycles. The summed E-state index contributed by atoms with van der Waals surface area (Å²) in [6, 6.07) is -0.370. The van der Waals surface area contributed by atoms with Crippen molar-refractivity contribution in [2.45, 2.75) is 31.6 Å². The van der Waals surface area contributed by atoms with Gasteiger partial charge in [-0.1, -0.05) is 0 Å². The molecule has 0 saturated carbocycles. The summed E-state index contributed by atoms with van der Waals surface area (Å²) in [6.45, 7) is 1.84. The molecule has 0 N–H and O–H groups in total. The van der Waals surface area contributed by atoms with Crippen molar-refractivity contribution in [3.8, 4) is 0 Å². The second kappa shape index (κ2) is 4.00. The fourth-order valence-electron chi connectivity index (χ4n) is 2.06. The molecule has 1 rings (SSSR count). The third-order valence-corrected chi connectivity index (χ3v) is 2.88. The standard InChI is InChI=1S/C9H15F3N2O/c1-6-7(13(2)3)4-5-14(6)8(15)9(10,11)12/h6-7H,4-5H2,1-3H3. The van der Waals surface area contributed by atoms with Gasteiger partial charge in [-0.15, -0.1) is 0 Å². The van der Waals surface area contributed by atoms with E-state index in [1.54, 1.807) is 6.92 Å². The highest BCUT2D eigenvalue weighted by Crippen LogP contribution is 2.27. The lowest BCUT2D eigenvalue weighted by Gasteiger charge is -2.28. The van der Waals surface area contributed by atoms with Crippen molar-refractivity contribution in [1.82, 2.24) is 9.80 Å². The first-order chi connectivity index (χ1) is 6.75. The molecule has 0 aromatic carbocycles. The van der Waals surface area contributed by atoms with Crippen LogP contribution in [0.5, 0.6) is 0 Å². The van der Waals surface area contributed by atoms with Crippen LogP contribution in [0.2, 0.25) is 0 Å². The van der Waals surface area contributed by atoms with Crippen molar-refractivity contribution < 1.29 is 18.0 Å². The Kier molecular flexibility index (Phi) is 3.28. The van der Waals surface area contributed by atoms with Crippen LogP contribution in [0.25, 0.3) is 0 Å². The molecule has 0 bridgehead atoms. The van der Waals surface area contributed by atoms with Gasteiger partial charge >= 0.3 is 12.1 Å². The van der Waals surface area contributed by atoms with Crippen LogP contribution in [-0.2, 0) is 4.79 Å². The summed E-state index contributed by atoms with van der Waals surface area (Å²) in [5.74, 6) is -1.72. The van der Waals surface area contributed by atoms with Crippen molar-refractivity contribution in [2.75, 3.05) is 20.6 Å². The predicted octanol–water partition coefficient (Wildman–Crippen LogP) is 1.10. The third-order valence-electron chi connectivity index (χ3n) is 2.88. The minimum atomic E-state index is -4.75. The number of nitrogens with zero attached hydrogens (tertiary/aromatic N) is 2. The molecule has 2 atom stereocenters. The van der Waals surface area contributed by atoms with Gasteiger partial charge in [-0.05, 0) is 27.4 Å². The minimum Gasteiger partial charge on any atom is -0.331 e. The van der Waals surface area contributed by atoms with E-state index in [2.05, 4.69) is 0 Å². The fraction of sp³-hybridized carbons (Fsp3) is 0.889. The smallest absolute Gasteiger partial charge is 0.331 e. The Morgan fingerprint density at radius 1 is 1.40 bits per heavy atom. The number of rotatable bonds is 1. The number of alkyl halides is 3. The van der Waals surface area contributed by atoms with Crippen LogP contribution in [0.1, 0.15) is 13.3 Å². The summed E-state index contributed by atoms with van der Waals surface area (Å²) >= 11 is 0. The molecule has 3 nitrogen and oxygen atoms in total. The average Bonchev–Trinajstić information content (AvgIpc) is 2.44. The lowest BCUT2D eigenvalue weighted by atomic mass is 10.1. The summed E-state index contributed by atoms with van der Waals surface area (Å²) in [4.78, 5) is 13.8. The summed E-state index contributed by atoms with van der Waals surface area (Å²) in [7, 11) is 3.62. The number of amides is 1. The van der Waals surface area contributed by atoms with Crippen LogP contribution in [0, 0.1) is 0 Å². The van der Waals surface area contributed by atoms with Crippen LogP contribution < -0.4 is 0 Å². The molecule has 1 amide bonds. The highest BCUT2D eigenvalue weighted by atomic mass is 19.4. The third kappa shape index (κ3) is 2.42. The van der Waals surface area contributed by atoms with Gasteiger partial charge < -0.3 is 9.80 Å². The maximum atomic E-state index is 12.2. The maximum Gasteiger partial charge on any atom is 0.471 e. The van der Waals surface area contributed by atoms with Gasteiger partial charge in [0.25, 0.3) is 0 Å². The van der Waals surface area contributed by atoms with Crippen LogP contribution in [-0.4, -0.2) is 54.6 Å². The van der Waals surface area contributed by atoms with Crippen molar-refractivity contribution in [3.63, 3.8) is 0 Å². The summed E-state index contributed by atoms with van der Waals surface area (Å²) in [5.41, 5.74) is 0. The summed E-state index contributed by atoms with van der Waals surface area (Å²) in [5, 5.41) is 0. The molecule has 1 fully saturated rings. The molecule has 15 heavy (non-hydrogen) atoms. The molecule has 1 heterocycles. The highest BCUT2D eigenvalue weighted by Gasteiger charge is 2.47. The van der Waals surface area contributed by atoms with E-state index in [0.717, 1.165) is 4.90 Å². The predicted molar refractivity (Wildman–Crippen MR) is 49.3 cm³/mol. The molecular formula is C9H15F3N2O. The summed E-state index contributed by atoms with van der Waals surface area (Å²) in [6.07, 6.45) is -4.16. The Balaban J connectivity index is 2.72. The zero-order valence-electron chi connectivity index (χ0n) is 9.01. The maximum absolute atomic E-state index is 12.2. The number of hydrogen-bond acceptors (Lipinski definition) is 2. The van der Waals surface area contributed by atoms with Crippen molar-refractivity contribution in [1.29, 1.82) is 0 Å². The zero-order valence-corrected chi connectivity index (χ0v) is 9.01. The topological polar surface area (TPSA) is 23.6 Å². The van der Waals surface area contributed by atoms with Gasteiger partial charge in [0.1, 0.15) is 0 Å². The summed E-state index contributed by atoms with van der Waals surface area (Å²) < 4.78 is 36.6. The Morgan fingerprint density at radius 3 is 2.27 bits per heavy atom. The lowest BCUT2D eigenvalue weighted by molar-refractivity contribution is -0.186. The average molecular weight is 224 g/mol. The minimum absolute atomic E-state index is 0.0105. The first kappa shape index (κ1) is 12.3. The normalized spacial score (nSPS) is 27.5. The quantitative estimate of drug-likeness (QED) is 0.666. The SMILES string of the molecule is CC1C(N(C)C)CCN1C(=O)C(F)(F)F. The van der Waals surface area contributed by atoms with E-state index >= 15 is 0 Å². The Labute approximate surface area is 86.8 Å². The van der Waals surface area contributed by atoms with Crippen LogP contribution in [0.15, 0.2) is 0 Å². The highest BCUT2D eigenvalue weighted by molar-refractivity contribution is 5.82. The van der Waals surface area contributed by atoms with Gasteiger partial charge in [0.2, 0.25) is 0 Å². The molecule has 0 aliphatic carbocycles. The Hall–Kier alpha value is -0.780. The Bertz CT molecular complexity index is 252. The molecule has 0 aromatic rings. The van der Waals surface area contributed by atoms with E-state index in [-0.39, 0.29) is 18.6 Å². The first-order valence-corrected chi connectivity index (χ1v) is 4.79. The van der Waals surface area contributed by atoms with Crippen molar-refractivity contribution >= 4 is 5.91 Å². The molecule has 6 heteroatoms. The largest absolute Gasteiger partial charge is 0.471 e. The Morgan fingerprint density at radius 2 is 1.93 bits per heavy atom. The van der Waals surface area contributed by atoms with E-state index in [1.807, 2.05) is 19.0 Å². The van der Waals surface area contributed by atoms with Gasteiger partial charge in [-0.25, -0.2) is 0 Å². The lowest BCUT2D eigenvalue weighted by Crippen LogP contribution is -2.47. The second-order valence-corrected chi connectivity index (χ2v) is 4.06. The van der Waals surface area contributed by atoms with Gasteiger partial charge in [-0.2, -0.15) is 13.2 Å². The first-order valence-electron chi connectivity index (χ1n) is 4.79. The number of carbonyl (C=O) groups excluding carboxylic acids is 1. The van der Waals surface area contributed by atoms with Gasteiger partial charge in [-0.3, -0.25) is 4.79 Å². The van der Waals surface area contributed by atoms with Crippen LogP contribution in [0.3, 0.4) is 0 Å². The molecule has 0 radical (unpaired) electrons. The molecule has 88 valence electrons. The van der Waals surface area contributed by atoms with E-state index in [4.69, 9.17) is 0 Å². The molecule has 1 aliphatic rings. The number of hydrogen-bond donors (Lipinski definition) is 0. The molecule has 2 unspecified atom stereocenters. The fourth-order valence-corrected chi connectivity index (χ4v) is 2.06. The second-order valence-electron chi connectivity index (χ2n) is 4.06. The van der Waals surface area contributed by atoms with Crippen LogP contribution in [0.4, 0.5) is 13.2 Å². The van der Waals surface area contributed by atoms with E-state index < -0.39 is 12.1 Å². The number of carbonyl (C=O) groups is 1. The zero-order chi connectivity index (χ0) is 11.8.